The monoisotopic (exact) mass is 195 g/mol. The van der Waals surface area contributed by atoms with Gasteiger partial charge in [0.05, 0.1) is 13.2 Å². The zero-order chi connectivity index (χ0) is 9.80. The van der Waals surface area contributed by atoms with Gasteiger partial charge in [-0.1, -0.05) is 6.42 Å². The fourth-order valence-corrected chi connectivity index (χ4v) is 1.57. The molecule has 4 nitrogen and oxygen atoms in total. The molecule has 1 saturated carbocycles. The highest BCUT2D eigenvalue weighted by Crippen LogP contribution is 2.26. The molecule has 1 aromatic rings. The highest BCUT2D eigenvalue weighted by atomic mass is 16.5. The normalized spacial score (nSPS) is 16.9. The Labute approximate surface area is 84.0 Å². The van der Waals surface area contributed by atoms with E-state index < -0.39 is 0 Å². The summed E-state index contributed by atoms with van der Waals surface area (Å²) in [5, 5.41) is 4.08. The van der Waals surface area contributed by atoms with Crippen molar-refractivity contribution in [2.24, 2.45) is 5.92 Å². The van der Waals surface area contributed by atoms with Crippen LogP contribution >= 0.6 is 0 Å². The lowest BCUT2D eigenvalue weighted by Crippen LogP contribution is -2.19. The lowest BCUT2D eigenvalue weighted by atomic mass is 9.86. The van der Waals surface area contributed by atoms with E-state index in [1.54, 1.807) is 6.07 Å². The first kappa shape index (κ1) is 9.52. The minimum atomic E-state index is 0.573. The first-order valence-electron chi connectivity index (χ1n) is 5.21. The second kappa shape index (κ2) is 4.46. The molecule has 0 aliphatic heterocycles. The third-order valence-corrected chi connectivity index (χ3v) is 2.70. The highest BCUT2D eigenvalue weighted by Gasteiger charge is 2.16. The smallest absolute Gasteiger partial charge is 0.145 e. The van der Waals surface area contributed by atoms with E-state index in [4.69, 9.17) is 10.5 Å². The molecule has 78 valence electrons. The molecule has 0 unspecified atom stereocenters. The molecule has 14 heavy (non-hydrogen) atoms. The average Bonchev–Trinajstić information content (AvgIpc) is 2.48. The predicted molar refractivity (Wildman–Crippen MR) is 54.8 cm³/mol. The number of hydrogen-bond acceptors (Lipinski definition) is 3. The number of nitrogen functional groups attached to an aromatic ring is 1. The van der Waals surface area contributed by atoms with Crippen molar-refractivity contribution in [3.63, 3.8) is 0 Å². The maximum Gasteiger partial charge on any atom is 0.145 e. The molecule has 1 aliphatic carbocycles. The number of nitrogens with zero attached hydrogens (tertiary/aromatic N) is 2. The van der Waals surface area contributed by atoms with Gasteiger partial charge in [-0.3, -0.25) is 4.68 Å². The van der Waals surface area contributed by atoms with E-state index in [1.165, 1.54) is 19.3 Å². The van der Waals surface area contributed by atoms with Gasteiger partial charge in [-0.25, -0.2) is 0 Å². The Morgan fingerprint density at radius 1 is 1.57 bits per heavy atom. The van der Waals surface area contributed by atoms with Gasteiger partial charge < -0.3 is 10.5 Å². The Kier molecular flexibility index (Phi) is 3.03. The van der Waals surface area contributed by atoms with Crippen LogP contribution < -0.4 is 5.73 Å². The number of ether oxygens (including phenoxy) is 1. The standard InChI is InChI=1S/C10H17N3O/c11-10-4-5-13(12-10)6-7-14-8-9-2-1-3-9/h4-5,9H,1-3,6-8H2,(H2,11,12). The SMILES string of the molecule is Nc1ccn(CCOCC2CCC2)n1. The second-order valence-electron chi connectivity index (χ2n) is 3.88. The Bertz CT molecular complexity index is 281. The van der Waals surface area contributed by atoms with E-state index in [1.807, 2.05) is 10.9 Å². The largest absolute Gasteiger partial charge is 0.382 e. The summed E-state index contributed by atoms with van der Waals surface area (Å²) in [6, 6.07) is 1.80. The van der Waals surface area contributed by atoms with E-state index in [9.17, 15) is 0 Å². The van der Waals surface area contributed by atoms with Crippen LogP contribution in [0.3, 0.4) is 0 Å². The van der Waals surface area contributed by atoms with E-state index in [0.717, 1.165) is 25.7 Å². The van der Waals surface area contributed by atoms with Crippen molar-refractivity contribution in [2.75, 3.05) is 18.9 Å². The topological polar surface area (TPSA) is 53.1 Å². The van der Waals surface area contributed by atoms with Crippen molar-refractivity contribution in [2.45, 2.75) is 25.8 Å². The fraction of sp³-hybridized carbons (Fsp3) is 0.700. The molecule has 0 amide bonds. The van der Waals surface area contributed by atoms with Crippen molar-refractivity contribution in [3.05, 3.63) is 12.3 Å². The molecule has 4 heteroatoms. The van der Waals surface area contributed by atoms with Crippen LogP contribution in [-0.4, -0.2) is 23.0 Å². The van der Waals surface area contributed by atoms with Gasteiger partial charge in [-0.05, 0) is 24.8 Å². The predicted octanol–water partition coefficient (Wildman–Crippen LogP) is 1.28. The maximum absolute atomic E-state index is 5.55. The zero-order valence-corrected chi connectivity index (χ0v) is 8.35. The molecule has 1 aromatic heterocycles. The molecule has 0 spiro atoms. The summed E-state index contributed by atoms with van der Waals surface area (Å²) in [7, 11) is 0. The molecule has 0 atom stereocenters. The molecule has 0 radical (unpaired) electrons. The van der Waals surface area contributed by atoms with Crippen LogP contribution in [0.25, 0.3) is 0 Å². The van der Waals surface area contributed by atoms with Gasteiger partial charge in [-0.2, -0.15) is 5.10 Å². The summed E-state index contributed by atoms with van der Waals surface area (Å²) in [6.07, 6.45) is 5.94. The Morgan fingerprint density at radius 3 is 3.00 bits per heavy atom. The highest BCUT2D eigenvalue weighted by molar-refractivity contribution is 5.23. The summed E-state index contributed by atoms with van der Waals surface area (Å²) in [4.78, 5) is 0. The van der Waals surface area contributed by atoms with Crippen LogP contribution in [0.4, 0.5) is 5.82 Å². The number of rotatable bonds is 5. The molecular formula is C10H17N3O. The van der Waals surface area contributed by atoms with Crippen molar-refractivity contribution in [3.8, 4) is 0 Å². The zero-order valence-electron chi connectivity index (χ0n) is 8.35. The summed E-state index contributed by atoms with van der Waals surface area (Å²) in [5.41, 5.74) is 5.49. The first-order valence-corrected chi connectivity index (χ1v) is 5.21. The average molecular weight is 195 g/mol. The molecule has 2 N–H and O–H groups in total. The lowest BCUT2D eigenvalue weighted by Gasteiger charge is -2.24. The molecule has 0 saturated heterocycles. The van der Waals surface area contributed by atoms with E-state index in [-0.39, 0.29) is 0 Å². The summed E-state index contributed by atoms with van der Waals surface area (Å²) in [6.45, 7) is 2.44. The third-order valence-electron chi connectivity index (χ3n) is 2.70. The van der Waals surface area contributed by atoms with Crippen molar-refractivity contribution >= 4 is 5.82 Å². The quantitative estimate of drug-likeness (QED) is 0.720. The molecule has 1 aliphatic rings. The Hall–Kier alpha value is -1.03. The third kappa shape index (κ3) is 2.48. The van der Waals surface area contributed by atoms with Crippen molar-refractivity contribution in [1.29, 1.82) is 0 Å². The summed E-state index contributed by atoms with van der Waals surface area (Å²) < 4.78 is 7.36. The molecule has 0 aromatic carbocycles. The van der Waals surface area contributed by atoms with E-state index >= 15 is 0 Å². The maximum atomic E-state index is 5.55. The molecule has 2 rings (SSSR count). The molecule has 1 fully saturated rings. The van der Waals surface area contributed by atoms with Gasteiger partial charge in [0, 0.05) is 12.8 Å². The van der Waals surface area contributed by atoms with Crippen LogP contribution in [0.5, 0.6) is 0 Å². The second-order valence-corrected chi connectivity index (χ2v) is 3.88. The van der Waals surface area contributed by atoms with Crippen molar-refractivity contribution in [1.82, 2.24) is 9.78 Å². The minimum absolute atomic E-state index is 0.573. The van der Waals surface area contributed by atoms with Crippen LogP contribution in [0.1, 0.15) is 19.3 Å². The fourth-order valence-electron chi connectivity index (χ4n) is 1.57. The molecular weight excluding hydrogens is 178 g/mol. The number of nitrogens with two attached hydrogens (primary N) is 1. The van der Waals surface area contributed by atoms with Crippen LogP contribution in [0, 0.1) is 5.92 Å². The van der Waals surface area contributed by atoms with Gasteiger partial charge in [0.15, 0.2) is 0 Å². The minimum Gasteiger partial charge on any atom is -0.382 e. The summed E-state index contributed by atoms with van der Waals surface area (Å²) in [5.74, 6) is 1.39. The van der Waals surface area contributed by atoms with Gasteiger partial charge in [0.25, 0.3) is 0 Å². The van der Waals surface area contributed by atoms with Crippen LogP contribution in [0.15, 0.2) is 12.3 Å². The van der Waals surface area contributed by atoms with Crippen LogP contribution in [0.2, 0.25) is 0 Å². The van der Waals surface area contributed by atoms with Crippen molar-refractivity contribution < 1.29 is 4.74 Å². The number of hydrogen-bond donors (Lipinski definition) is 1. The van der Waals surface area contributed by atoms with Gasteiger partial charge >= 0.3 is 0 Å². The lowest BCUT2D eigenvalue weighted by molar-refractivity contribution is 0.0641. The first-order chi connectivity index (χ1) is 6.84. The van der Waals surface area contributed by atoms with Gasteiger partial charge in [0.1, 0.15) is 5.82 Å². The van der Waals surface area contributed by atoms with Gasteiger partial charge in [-0.15, -0.1) is 0 Å². The van der Waals surface area contributed by atoms with Crippen LogP contribution in [-0.2, 0) is 11.3 Å². The van der Waals surface area contributed by atoms with E-state index in [2.05, 4.69) is 5.10 Å². The number of aromatic nitrogens is 2. The molecule has 1 heterocycles. The Balaban J connectivity index is 1.58. The molecule has 0 bridgehead atoms. The van der Waals surface area contributed by atoms with E-state index in [0.29, 0.717) is 5.82 Å². The summed E-state index contributed by atoms with van der Waals surface area (Å²) >= 11 is 0. The number of anilines is 1. The van der Waals surface area contributed by atoms with Gasteiger partial charge in [0.2, 0.25) is 0 Å². The Morgan fingerprint density at radius 2 is 2.43 bits per heavy atom.